The lowest BCUT2D eigenvalue weighted by Crippen LogP contribution is -2.15. The second-order valence-corrected chi connectivity index (χ2v) is 4.20. The molecule has 2 aromatic rings. The normalized spacial score (nSPS) is 10.2. The molecule has 9 heteroatoms. The number of hydrogen-bond donors (Lipinski definition) is 1. The van der Waals surface area contributed by atoms with Gasteiger partial charge in [-0.25, -0.2) is 8.78 Å². The number of carbonyl (C=O) groups excluding carboxylic acids is 1. The first-order valence-corrected chi connectivity index (χ1v) is 5.83. The molecule has 1 aromatic carbocycles. The fourth-order valence-electron chi connectivity index (χ4n) is 1.54. The third kappa shape index (κ3) is 2.95. The van der Waals surface area contributed by atoms with Crippen LogP contribution in [0.2, 0.25) is 5.02 Å². The van der Waals surface area contributed by atoms with E-state index in [1.54, 1.807) is 0 Å². The summed E-state index contributed by atoms with van der Waals surface area (Å²) in [6, 6.07) is 2.72. The minimum atomic E-state index is -1.00. The molecule has 0 unspecified atom stereocenters. The van der Waals surface area contributed by atoms with Gasteiger partial charge in [-0.3, -0.25) is 19.9 Å². The Kier molecular flexibility index (Phi) is 4.08. The lowest BCUT2D eigenvalue weighted by Gasteiger charge is -2.09. The summed E-state index contributed by atoms with van der Waals surface area (Å²) in [4.78, 5) is 25.2. The van der Waals surface area contributed by atoms with Gasteiger partial charge in [0.2, 0.25) is 0 Å². The third-order valence-electron chi connectivity index (χ3n) is 2.52. The van der Waals surface area contributed by atoms with Gasteiger partial charge in [0, 0.05) is 12.3 Å². The van der Waals surface area contributed by atoms with E-state index in [0.29, 0.717) is 0 Å². The van der Waals surface area contributed by atoms with Gasteiger partial charge in [-0.15, -0.1) is 0 Å². The Morgan fingerprint density at radius 3 is 2.62 bits per heavy atom. The number of benzene rings is 1. The molecule has 1 amide bonds. The number of amides is 1. The van der Waals surface area contributed by atoms with E-state index in [0.717, 1.165) is 24.4 Å². The van der Waals surface area contributed by atoms with Gasteiger partial charge in [0.05, 0.1) is 16.7 Å². The van der Waals surface area contributed by atoms with E-state index < -0.39 is 44.4 Å². The first-order valence-electron chi connectivity index (χ1n) is 5.45. The quantitative estimate of drug-likeness (QED) is 0.696. The lowest BCUT2D eigenvalue weighted by atomic mass is 10.2. The van der Waals surface area contributed by atoms with Gasteiger partial charge in [0.25, 0.3) is 11.6 Å². The molecule has 1 aromatic heterocycles. The average Bonchev–Trinajstić information content (AvgIpc) is 2.43. The molecule has 6 nitrogen and oxygen atoms in total. The number of rotatable bonds is 3. The summed E-state index contributed by atoms with van der Waals surface area (Å²) < 4.78 is 27.0. The molecule has 0 atom stereocenters. The monoisotopic (exact) mass is 313 g/mol. The Balaban J connectivity index is 2.40. The molecule has 0 fully saturated rings. The van der Waals surface area contributed by atoms with E-state index >= 15 is 0 Å². The lowest BCUT2D eigenvalue weighted by molar-refractivity contribution is -0.384. The van der Waals surface area contributed by atoms with Crippen molar-refractivity contribution in [2.75, 3.05) is 5.32 Å². The standard InChI is InChI=1S/C12H6ClF2N3O3/c13-10-9(18(20)21)2-1-7(14)11(10)17-12(19)6-3-4-16-5-8(6)15/h1-5H,(H,17,19). The molecule has 1 heterocycles. The van der Waals surface area contributed by atoms with E-state index in [4.69, 9.17) is 11.6 Å². The summed E-state index contributed by atoms with van der Waals surface area (Å²) in [5, 5.41) is 12.1. The summed E-state index contributed by atoms with van der Waals surface area (Å²) in [6.45, 7) is 0. The molecule has 0 aliphatic rings. The number of nitrogens with one attached hydrogen (secondary N) is 1. The van der Waals surface area contributed by atoms with Crippen LogP contribution in [0.1, 0.15) is 10.4 Å². The number of aromatic nitrogens is 1. The van der Waals surface area contributed by atoms with Gasteiger partial charge in [-0.1, -0.05) is 11.6 Å². The van der Waals surface area contributed by atoms with Crippen LogP contribution in [0.15, 0.2) is 30.6 Å². The maximum absolute atomic E-state index is 13.6. The molecule has 0 spiro atoms. The number of hydrogen-bond acceptors (Lipinski definition) is 4. The van der Waals surface area contributed by atoms with E-state index in [-0.39, 0.29) is 0 Å². The van der Waals surface area contributed by atoms with Crippen molar-refractivity contribution in [3.05, 3.63) is 62.9 Å². The van der Waals surface area contributed by atoms with Crippen molar-refractivity contribution in [2.45, 2.75) is 0 Å². The molecule has 0 aliphatic heterocycles. The highest BCUT2D eigenvalue weighted by atomic mass is 35.5. The Morgan fingerprint density at radius 1 is 1.29 bits per heavy atom. The summed E-state index contributed by atoms with van der Waals surface area (Å²) >= 11 is 5.68. The Morgan fingerprint density at radius 2 is 2.00 bits per heavy atom. The van der Waals surface area contributed by atoms with Crippen LogP contribution in [0, 0.1) is 21.7 Å². The molecule has 108 valence electrons. The van der Waals surface area contributed by atoms with Crippen molar-refractivity contribution in [1.29, 1.82) is 0 Å². The second-order valence-electron chi connectivity index (χ2n) is 3.82. The maximum Gasteiger partial charge on any atom is 0.290 e. The smallest absolute Gasteiger partial charge is 0.290 e. The van der Waals surface area contributed by atoms with Crippen molar-refractivity contribution >= 4 is 28.9 Å². The summed E-state index contributed by atoms with van der Waals surface area (Å²) in [6.07, 6.45) is 1.98. The van der Waals surface area contributed by atoms with Crippen LogP contribution in [0.5, 0.6) is 0 Å². The van der Waals surface area contributed by atoms with Crippen LogP contribution < -0.4 is 5.32 Å². The van der Waals surface area contributed by atoms with Crippen LogP contribution in [-0.2, 0) is 0 Å². The highest BCUT2D eigenvalue weighted by Gasteiger charge is 2.22. The highest BCUT2D eigenvalue weighted by molar-refractivity contribution is 6.36. The van der Waals surface area contributed by atoms with Gasteiger partial charge in [-0.05, 0) is 12.1 Å². The number of anilines is 1. The van der Waals surface area contributed by atoms with Gasteiger partial charge in [0.15, 0.2) is 5.82 Å². The van der Waals surface area contributed by atoms with Crippen LogP contribution in [0.25, 0.3) is 0 Å². The van der Waals surface area contributed by atoms with Gasteiger partial charge >= 0.3 is 0 Å². The minimum absolute atomic E-state index is 0.396. The SMILES string of the molecule is O=C(Nc1c(F)ccc([N+](=O)[O-])c1Cl)c1ccncc1F. The van der Waals surface area contributed by atoms with E-state index in [9.17, 15) is 23.7 Å². The van der Waals surface area contributed by atoms with Crippen molar-refractivity contribution in [3.63, 3.8) is 0 Å². The van der Waals surface area contributed by atoms with Crippen LogP contribution in [0.3, 0.4) is 0 Å². The molecule has 0 saturated carbocycles. The molecule has 0 radical (unpaired) electrons. The topological polar surface area (TPSA) is 85.1 Å². The van der Waals surface area contributed by atoms with Crippen LogP contribution in [0.4, 0.5) is 20.2 Å². The van der Waals surface area contributed by atoms with Crippen molar-refractivity contribution < 1.29 is 18.5 Å². The molecular weight excluding hydrogens is 308 g/mol. The zero-order valence-electron chi connectivity index (χ0n) is 10.1. The predicted molar refractivity (Wildman–Crippen MR) is 70.2 cm³/mol. The van der Waals surface area contributed by atoms with Crippen LogP contribution in [-0.4, -0.2) is 15.8 Å². The summed E-state index contributed by atoms with van der Waals surface area (Å²) in [5.74, 6) is -2.90. The fourth-order valence-corrected chi connectivity index (χ4v) is 1.81. The molecule has 21 heavy (non-hydrogen) atoms. The number of carbonyl (C=O) groups is 1. The third-order valence-corrected chi connectivity index (χ3v) is 2.91. The van der Waals surface area contributed by atoms with Gasteiger partial charge in [-0.2, -0.15) is 0 Å². The molecule has 1 N–H and O–H groups in total. The Hall–Kier alpha value is -2.61. The first-order chi connectivity index (χ1) is 9.91. The van der Waals surface area contributed by atoms with Gasteiger partial charge in [0.1, 0.15) is 16.5 Å². The summed E-state index contributed by atoms with van der Waals surface area (Å²) in [7, 11) is 0. The van der Waals surface area contributed by atoms with E-state index in [1.807, 2.05) is 5.32 Å². The van der Waals surface area contributed by atoms with Crippen molar-refractivity contribution in [2.24, 2.45) is 0 Å². The first kappa shape index (κ1) is 14.8. The molecule has 2 rings (SSSR count). The van der Waals surface area contributed by atoms with E-state index in [2.05, 4.69) is 4.98 Å². The predicted octanol–water partition coefficient (Wildman–Crippen LogP) is 3.17. The molecule has 0 aliphatic carbocycles. The Labute approximate surface area is 121 Å². The highest BCUT2D eigenvalue weighted by Crippen LogP contribution is 2.34. The van der Waals surface area contributed by atoms with Crippen molar-refractivity contribution in [3.8, 4) is 0 Å². The zero-order chi connectivity index (χ0) is 15.6. The van der Waals surface area contributed by atoms with Gasteiger partial charge < -0.3 is 5.32 Å². The second kappa shape index (κ2) is 5.80. The maximum atomic E-state index is 13.6. The van der Waals surface area contributed by atoms with Crippen LogP contribution >= 0.6 is 11.6 Å². The van der Waals surface area contributed by atoms with Crippen molar-refractivity contribution in [1.82, 2.24) is 4.98 Å². The number of nitro groups is 1. The molecule has 0 bridgehead atoms. The number of nitro benzene ring substituents is 1. The minimum Gasteiger partial charge on any atom is -0.318 e. The average molecular weight is 314 g/mol. The molecular formula is C12H6ClF2N3O3. The Bertz CT molecular complexity index is 740. The zero-order valence-corrected chi connectivity index (χ0v) is 10.9. The number of nitrogens with zero attached hydrogens (tertiary/aromatic N) is 2. The molecule has 0 saturated heterocycles. The number of pyridine rings is 1. The largest absolute Gasteiger partial charge is 0.318 e. The van der Waals surface area contributed by atoms with E-state index in [1.165, 1.54) is 6.20 Å². The fraction of sp³-hybridized carbons (Fsp3) is 0. The number of halogens is 3. The summed E-state index contributed by atoms with van der Waals surface area (Å²) in [5.41, 5.74) is -1.57.